The molecule has 0 atom stereocenters. The Morgan fingerprint density at radius 3 is 1.92 bits per heavy atom. The minimum atomic E-state index is -4.89. The molecule has 0 aliphatic rings. The van der Waals surface area contributed by atoms with E-state index in [1.54, 1.807) is 0 Å². The summed E-state index contributed by atoms with van der Waals surface area (Å²) in [7, 11) is 0. The fraction of sp³-hybridized carbons (Fsp3) is 0.125. The predicted molar refractivity (Wildman–Crippen MR) is 75.3 cm³/mol. The number of halogens is 6. The second-order valence-electron chi connectivity index (χ2n) is 4.62. The second kappa shape index (κ2) is 6.46. The van der Waals surface area contributed by atoms with Crippen molar-refractivity contribution in [2.24, 2.45) is 0 Å². The van der Waals surface area contributed by atoms with Crippen LogP contribution in [0.15, 0.2) is 49.0 Å². The van der Waals surface area contributed by atoms with Crippen molar-refractivity contribution in [3.05, 3.63) is 54.6 Å². The summed E-state index contributed by atoms with van der Waals surface area (Å²) in [5.41, 5.74) is 0.764. The van der Waals surface area contributed by atoms with Crippen molar-refractivity contribution in [3.63, 3.8) is 0 Å². The van der Waals surface area contributed by atoms with Gasteiger partial charge in [-0.3, -0.25) is 0 Å². The topological polar surface area (TPSA) is 18.5 Å². The highest BCUT2D eigenvalue weighted by molar-refractivity contribution is 5.70. The lowest BCUT2D eigenvalue weighted by molar-refractivity contribution is -0.275. The van der Waals surface area contributed by atoms with E-state index in [2.05, 4.69) is 16.1 Å². The van der Waals surface area contributed by atoms with Gasteiger partial charge in [-0.05, 0) is 47.0 Å². The van der Waals surface area contributed by atoms with E-state index in [9.17, 15) is 26.3 Å². The number of alkyl halides is 6. The Morgan fingerprint density at radius 1 is 0.750 bits per heavy atom. The summed E-state index contributed by atoms with van der Waals surface area (Å²) in [5, 5.41) is 0. The van der Waals surface area contributed by atoms with E-state index in [1.807, 2.05) is 0 Å². The van der Waals surface area contributed by atoms with E-state index >= 15 is 0 Å². The molecule has 2 nitrogen and oxygen atoms in total. The molecule has 0 radical (unpaired) electrons. The third-order valence-electron chi connectivity index (χ3n) is 2.80. The molecule has 0 fully saturated rings. The van der Waals surface area contributed by atoms with Crippen LogP contribution in [0.2, 0.25) is 0 Å². The van der Waals surface area contributed by atoms with E-state index in [0.29, 0.717) is 5.56 Å². The van der Waals surface area contributed by atoms with Gasteiger partial charge >= 0.3 is 12.7 Å². The summed E-state index contributed by atoms with van der Waals surface area (Å²) >= 11 is 0. The quantitative estimate of drug-likeness (QED) is 0.651. The van der Waals surface area contributed by atoms with Crippen LogP contribution in [-0.2, 0) is 0 Å². The maximum atomic E-state index is 12.4. The van der Waals surface area contributed by atoms with Gasteiger partial charge in [0.05, 0.1) is 0 Å². The summed E-state index contributed by atoms with van der Waals surface area (Å²) in [6, 6.07) is 8.51. The highest BCUT2D eigenvalue weighted by atomic mass is 19.4. The summed E-state index contributed by atoms with van der Waals surface area (Å²) in [4.78, 5) is 0. The standard InChI is InChI=1S/C16H10F6O2/c1-2-10-6-12(9-14(7-10)24-16(20,21)22)11-4-3-5-13(8-11)23-15(17,18)19/h2-9H,1H2. The first-order chi connectivity index (χ1) is 11.1. The molecule has 0 aliphatic heterocycles. The first kappa shape index (κ1) is 17.7. The monoisotopic (exact) mass is 348 g/mol. The van der Waals surface area contributed by atoms with Crippen LogP contribution in [0.3, 0.4) is 0 Å². The van der Waals surface area contributed by atoms with Gasteiger partial charge < -0.3 is 9.47 Å². The van der Waals surface area contributed by atoms with E-state index in [4.69, 9.17) is 0 Å². The fourth-order valence-corrected chi connectivity index (χ4v) is 1.97. The zero-order chi connectivity index (χ0) is 18.0. The molecule has 2 rings (SSSR count). The lowest BCUT2D eigenvalue weighted by Gasteiger charge is -2.13. The highest BCUT2D eigenvalue weighted by Crippen LogP contribution is 2.32. The molecule has 2 aromatic carbocycles. The Kier molecular flexibility index (Phi) is 4.77. The lowest BCUT2D eigenvalue weighted by Crippen LogP contribution is -2.17. The minimum Gasteiger partial charge on any atom is -0.406 e. The lowest BCUT2D eigenvalue weighted by atomic mass is 10.0. The molecule has 0 saturated heterocycles. The Bertz CT molecular complexity index is 734. The highest BCUT2D eigenvalue weighted by Gasteiger charge is 2.32. The molecule has 0 spiro atoms. The smallest absolute Gasteiger partial charge is 0.406 e. The van der Waals surface area contributed by atoms with Crippen molar-refractivity contribution in [1.29, 1.82) is 0 Å². The first-order valence-corrected chi connectivity index (χ1v) is 6.45. The van der Waals surface area contributed by atoms with E-state index in [-0.39, 0.29) is 11.1 Å². The number of rotatable bonds is 4. The van der Waals surface area contributed by atoms with E-state index in [0.717, 1.165) is 24.3 Å². The van der Waals surface area contributed by atoms with Crippen LogP contribution in [0.1, 0.15) is 5.56 Å². The largest absolute Gasteiger partial charge is 0.573 e. The van der Waals surface area contributed by atoms with E-state index < -0.39 is 24.2 Å². The zero-order valence-electron chi connectivity index (χ0n) is 11.9. The van der Waals surface area contributed by atoms with Gasteiger partial charge in [-0.15, -0.1) is 26.3 Å². The van der Waals surface area contributed by atoms with Crippen LogP contribution in [0, 0.1) is 0 Å². The Balaban J connectivity index is 2.42. The maximum absolute atomic E-state index is 12.4. The number of hydrogen-bond donors (Lipinski definition) is 0. The van der Waals surface area contributed by atoms with Crippen molar-refractivity contribution >= 4 is 6.08 Å². The average molecular weight is 348 g/mol. The number of hydrogen-bond acceptors (Lipinski definition) is 2. The van der Waals surface area contributed by atoms with Gasteiger partial charge in [-0.2, -0.15) is 0 Å². The Labute approximate surface area is 132 Å². The van der Waals surface area contributed by atoms with E-state index in [1.165, 1.54) is 24.3 Å². The normalized spacial score (nSPS) is 11.9. The molecule has 2 aromatic rings. The second-order valence-corrected chi connectivity index (χ2v) is 4.62. The summed E-state index contributed by atoms with van der Waals surface area (Å²) in [5.74, 6) is -0.987. The fourth-order valence-electron chi connectivity index (χ4n) is 1.97. The summed E-state index contributed by atoms with van der Waals surface area (Å²) in [6.07, 6.45) is -8.47. The van der Waals surface area contributed by atoms with Gasteiger partial charge in [-0.1, -0.05) is 24.8 Å². The Morgan fingerprint density at radius 2 is 1.33 bits per heavy atom. The molecule has 0 unspecified atom stereocenters. The van der Waals surface area contributed by atoms with Crippen molar-refractivity contribution < 1.29 is 35.8 Å². The zero-order valence-corrected chi connectivity index (χ0v) is 11.9. The van der Waals surface area contributed by atoms with Gasteiger partial charge in [-0.25, -0.2) is 0 Å². The number of ether oxygens (including phenoxy) is 2. The Hall–Kier alpha value is -2.64. The predicted octanol–water partition coefficient (Wildman–Crippen LogP) is 5.79. The number of benzene rings is 2. The molecule has 0 N–H and O–H groups in total. The van der Waals surface area contributed by atoms with Crippen molar-refractivity contribution in [2.75, 3.05) is 0 Å². The van der Waals surface area contributed by atoms with Crippen LogP contribution in [0.4, 0.5) is 26.3 Å². The first-order valence-electron chi connectivity index (χ1n) is 6.45. The summed E-state index contributed by atoms with van der Waals surface area (Å²) in [6.45, 7) is 3.46. The third kappa shape index (κ3) is 5.22. The van der Waals surface area contributed by atoms with Gasteiger partial charge in [0.15, 0.2) is 0 Å². The molecule has 0 saturated carbocycles. The van der Waals surface area contributed by atoms with Gasteiger partial charge in [0.1, 0.15) is 11.5 Å². The van der Waals surface area contributed by atoms with Gasteiger partial charge in [0, 0.05) is 0 Å². The average Bonchev–Trinajstić information content (AvgIpc) is 2.43. The third-order valence-corrected chi connectivity index (χ3v) is 2.80. The van der Waals surface area contributed by atoms with Gasteiger partial charge in [0.2, 0.25) is 0 Å². The molecule has 0 bridgehead atoms. The molecule has 0 aliphatic carbocycles. The van der Waals surface area contributed by atoms with Crippen LogP contribution in [0.25, 0.3) is 17.2 Å². The molecular formula is C16H10F6O2. The summed E-state index contributed by atoms with van der Waals surface area (Å²) < 4.78 is 81.6. The van der Waals surface area contributed by atoms with Crippen LogP contribution >= 0.6 is 0 Å². The molecule has 8 heteroatoms. The molecule has 24 heavy (non-hydrogen) atoms. The molecule has 0 aromatic heterocycles. The van der Waals surface area contributed by atoms with Gasteiger partial charge in [0.25, 0.3) is 0 Å². The molecule has 0 heterocycles. The van der Waals surface area contributed by atoms with Crippen molar-refractivity contribution in [3.8, 4) is 22.6 Å². The van der Waals surface area contributed by atoms with Crippen molar-refractivity contribution in [2.45, 2.75) is 12.7 Å². The minimum absolute atomic E-state index is 0.222. The molecule has 128 valence electrons. The van der Waals surface area contributed by atoms with Crippen LogP contribution in [0.5, 0.6) is 11.5 Å². The molecule has 0 amide bonds. The van der Waals surface area contributed by atoms with Crippen molar-refractivity contribution in [1.82, 2.24) is 0 Å². The maximum Gasteiger partial charge on any atom is 0.573 e. The van der Waals surface area contributed by atoms with Crippen LogP contribution < -0.4 is 9.47 Å². The molecular weight excluding hydrogens is 338 g/mol. The SMILES string of the molecule is C=Cc1cc(OC(F)(F)F)cc(-c2cccc(OC(F)(F)F)c2)c1. The van der Waals surface area contributed by atoms with Crippen LogP contribution in [-0.4, -0.2) is 12.7 Å².